The first kappa shape index (κ1) is 11.7. The molecule has 1 amide bonds. The Hall–Kier alpha value is -0.810. The van der Waals surface area contributed by atoms with Gasteiger partial charge in [-0.15, -0.1) is 0 Å². The second-order valence-corrected chi connectivity index (χ2v) is 6.06. The van der Waals surface area contributed by atoms with Gasteiger partial charge in [0, 0.05) is 31.6 Å². The van der Waals surface area contributed by atoms with E-state index in [9.17, 15) is 4.79 Å². The zero-order valence-corrected chi connectivity index (χ0v) is 10.3. The van der Waals surface area contributed by atoms with Crippen molar-refractivity contribution in [1.29, 1.82) is 0 Å². The first-order valence-corrected chi connectivity index (χ1v) is 5.77. The molecule has 2 rings (SSSR count). The number of hydrazine groups is 1. The zero-order valence-electron chi connectivity index (χ0n) is 10.3. The molecule has 0 aromatic rings. The van der Waals surface area contributed by atoms with Gasteiger partial charge in [-0.1, -0.05) is 0 Å². The van der Waals surface area contributed by atoms with Crippen molar-refractivity contribution in [2.45, 2.75) is 32.8 Å². The van der Waals surface area contributed by atoms with Crippen LogP contribution in [-0.4, -0.2) is 47.8 Å². The van der Waals surface area contributed by atoms with Crippen LogP contribution in [0.4, 0.5) is 4.79 Å². The van der Waals surface area contributed by atoms with Gasteiger partial charge in [-0.3, -0.25) is 5.84 Å². The van der Waals surface area contributed by atoms with Gasteiger partial charge < -0.3 is 9.64 Å². The number of carbonyl (C=O) groups is 1. The second-order valence-electron chi connectivity index (χ2n) is 6.06. The number of hydrogen-bond donors (Lipinski definition) is 1. The molecule has 0 aromatic carbocycles. The van der Waals surface area contributed by atoms with E-state index in [2.05, 4.69) is 0 Å². The predicted molar refractivity (Wildman–Crippen MR) is 60.6 cm³/mol. The average Bonchev–Trinajstić information content (AvgIpc) is 2.45. The Balaban J connectivity index is 1.87. The van der Waals surface area contributed by atoms with Crippen LogP contribution in [0.25, 0.3) is 0 Å². The van der Waals surface area contributed by atoms with Crippen molar-refractivity contribution < 1.29 is 9.53 Å². The topological polar surface area (TPSA) is 58.8 Å². The molecule has 0 radical (unpaired) electrons. The predicted octanol–water partition coefficient (Wildman–Crippen LogP) is 0.803. The largest absolute Gasteiger partial charge is 0.444 e. The van der Waals surface area contributed by atoms with Crippen molar-refractivity contribution in [2.24, 2.45) is 11.3 Å². The number of carbonyl (C=O) groups excluding carboxylic acids is 1. The highest BCUT2D eigenvalue weighted by molar-refractivity contribution is 5.68. The molecule has 2 saturated heterocycles. The molecule has 0 aromatic heterocycles. The number of nitrogens with zero attached hydrogens (tertiary/aromatic N) is 2. The van der Waals surface area contributed by atoms with Gasteiger partial charge in [0.05, 0.1) is 0 Å². The molecular weight excluding hydrogens is 206 g/mol. The quantitative estimate of drug-likeness (QED) is 0.622. The van der Waals surface area contributed by atoms with E-state index < -0.39 is 5.60 Å². The summed E-state index contributed by atoms with van der Waals surface area (Å²) in [5, 5.41) is 1.80. The normalized spacial score (nSPS) is 24.6. The van der Waals surface area contributed by atoms with E-state index in [0.29, 0.717) is 0 Å². The van der Waals surface area contributed by atoms with Crippen LogP contribution in [0.5, 0.6) is 0 Å². The maximum atomic E-state index is 11.8. The molecule has 1 spiro atoms. The molecule has 0 atom stereocenters. The molecule has 0 aliphatic carbocycles. The van der Waals surface area contributed by atoms with E-state index >= 15 is 0 Å². The highest BCUT2D eigenvalue weighted by atomic mass is 16.6. The first-order valence-electron chi connectivity index (χ1n) is 5.77. The Labute approximate surface area is 96.5 Å². The Bertz CT molecular complexity index is 292. The molecule has 92 valence electrons. The molecule has 5 nitrogen and oxygen atoms in total. The molecule has 0 unspecified atom stereocenters. The minimum Gasteiger partial charge on any atom is -0.444 e. The van der Waals surface area contributed by atoms with Crippen LogP contribution >= 0.6 is 0 Å². The van der Waals surface area contributed by atoms with Gasteiger partial charge in [0.2, 0.25) is 0 Å². The number of likely N-dealkylation sites (tertiary alicyclic amines) is 1. The molecule has 2 N–H and O–H groups in total. The minimum absolute atomic E-state index is 0.195. The van der Waals surface area contributed by atoms with Crippen LogP contribution in [-0.2, 0) is 4.74 Å². The lowest BCUT2D eigenvalue weighted by Crippen LogP contribution is -2.60. The zero-order chi connectivity index (χ0) is 12.0. The van der Waals surface area contributed by atoms with Crippen LogP contribution in [0.3, 0.4) is 0 Å². The summed E-state index contributed by atoms with van der Waals surface area (Å²) < 4.78 is 5.35. The standard InChI is InChI=1S/C11H21N3O2/c1-10(2,3)16-9(15)13-5-4-11(6-13)7-14(12)8-11/h4-8,12H2,1-3H3. The summed E-state index contributed by atoms with van der Waals surface area (Å²) in [6.07, 6.45) is 0.847. The molecule has 2 heterocycles. The number of rotatable bonds is 0. The lowest BCUT2D eigenvalue weighted by Gasteiger charge is -2.45. The summed E-state index contributed by atoms with van der Waals surface area (Å²) in [4.78, 5) is 13.6. The van der Waals surface area contributed by atoms with Gasteiger partial charge >= 0.3 is 6.09 Å². The Morgan fingerprint density at radius 1 is 1.31 bits per heavy atom. The van der Waals surface area contributed by atoms with Crippen molar-refractivity contribution in [3.63, 3.8) is 0 Å². The Morgan fingerprint density at radius 3 is 2.44 bits per heavy atom. The lowest BCUT2D eigenvalue weighted by atomic mass is 9.80. The van der Waals surface area contributed by atoms with E-state index in [-0.39, 0.29) is 11.5 Å². The maximum Gasteiger partial charge on any atom is 0.410 e. The highest BCUT2D eigenvalue weighted by Gasteiger charge is 2.48. The van der Waals surface area contributed by atoms with Crippen molar-refractivity contribution in [3.05, 3.63) is 0 Å². The monoisotopic (exact) mass is 227 g/mol. The third-order valence-electron chi connectivity index (χ3n) is 3.17. The fraction of sp³-hybridized carbons (Fsp3) is 0.909. The first-order chi connectivity index (χ1) is 7.30. The summed E-state index contributed by atoms with van der Waals surface area (Å²) in [7, 11) is 0. The molecular formula is C11H21N3O2. The van der Waals surface area contributed by atoms with Gasteiger partial charge in [0.1, 0.15) is 5.60 Å². The van der Waals surface area contributed by atoms with E-state index in [1.165, 1.54) is 0 Å². The van der Waals surface area contributed by atoms with Crippen LogP contribution in [0.15, 0.2) is 0 Å². The smallest absolute Gasteiger partial charge is 0.410 e. The van der Waals surface area contributed by atoms with Gasteiger partial charge in [0.15, 0.2) is 0 Å². The SMILES string of the molecule is CC(C)(C)OC(=O)N1CCC2(CN(N)C2)C1. The fourth-order valence-electron chi connectivity index (χ4n) is 2.49. The number of amides is 1. The summed E-state index contributed by atoms with van der Waals surface area (Å²) >= 11 is 0. The van der Waals surface area contributed by atoms with Crippen molar-refractivity contribution in [1.82, 2.24) is 9.91 Å². The molecule has 2 aliphatic rings. The molecule has 2 fully saturated rings. The molecule has 0 bridgehead atoms. The van der Waals surface area contributed by atoms with E-state index in [1.807, 2.05) is 20.8 Å². The summed E-state index contributed by atoms with van der Waals surface area (Å²) in [6.45, 7) is 9.04. The van der Waals surface area contributed by atoms with Gasteiger partial charge in [-0.2, -0.15) is 0 Å². The van der Waals surface area contributed by atoms with Crippen molar-refractivity contribution in [2.75, 3.05) is 26.2 Å². The van der Waals surface area contributed by atoms with Gasteiger partial charge in [-0.05, 0) is 27.2 Å². The summed E-state index contributed by atoms with van der Waals surface area (Å²) in [5.41, 5.74) is -0.169. The van der Waals surface area contributed by atoms with Gasteiger partial charge in [0.25, 0.3) is 0 Å². The Morgan fingerprint density at radius 2 is 1.94 bits per heavy atom. The minimum atomic E-state index is -0.410. The third-order valence-corrected chi connectivity index (χ3v) is 3.17. The van der Waals surface area contributed by atoms with E-state index in [4.69, 9.17) is 10.6 Å². The molecule has 2 aliphatic heterocycles. The fourth-order valence-corrected chi connectivity index (χ4v) is 2.49. The average molecular weight is 227 g/mol. The maximum absolute atomic E-state index is 11.8. The summed E-state index contributed by atoms with van der Waals surface area (Å²) in [6, 6.07) is 0. The number of nitrogens with two attached hydrogens (primary N) is 1. The highest BCUT2D eigenvalue weighted by Crippen LogP contribution is 2.38. The lowest BCUT2D eigenvalue weighted by molar-refractivity contribution is -0.00212. The van der Waals surface area contributed by atoms with Crippen LogP contribution in [0.2, 0.25) is 0 Å². The number of ether oxygens (including phenoxy) is 1. The van der Waals surface area contributed by atoms with Crippen LogP contribution in [0, 0.1) is 5.41 Å². The molecule has 0 saturated carbocycles. The molecule has 16 heavy (non-hydrogen) atoms. The van der Waals surface area contributed by atoms with Crippen LogP contribution < -0.4 is 5.84 Å². The van der Waals surface area contributed by atoms with E-state index in [1.54, 1.807) is 9.91 Å². The van der Waals surface area contributed by atoms with Crippen molar-refractivity contribution in [3.8, 4) is 0 Å². The number of hydrogen-bond acceptors (Lipinski definition) is 4. The second kappa shape index (κ2) is 3.60. The summed E-state index contributed by atoms with van der Waals surface area (Å²) in [5.74, 6) is 5.65. The molecule has 5 heteroatoms. The van der Waals surface area contributed by atoms with E-state index in [0.717, 1.165) is 32.6 Å². The van der Waals surface area contributed by atoms with Crippen molar-refractivity contribution >= 4 is 6.09 Å². The van der Waals surface area contributed by atoms with Gasteiger partial charge in [-0.25, -0.2) is 9.80 Å². The third kappa shape index (κ3) is 2.30. The van der Waals surface area contributed by atoms with Crippen LogP contribution in [0.1, 0.15) is 27.2 Å². The Kier molecular flexibility index (Phi) is 2.62.